The van der Waals surface area contributed by atoms with Crippen molar-refractivity contribution < 1.29 is 14.3 Å². The van der Waals surface area contributed by atoms with Gasteiger partial charge in [0.25, 0.3) is 0 Å². The molecule has 3 aromatic carbocycles. The second kappa shape index (κ2) is 7.29. The van der Waals surface area contributed by atoms with Gasteiger partial charge in [-0.1, -0.05) is 42.5 Å². The van der Waals surface area contributed by atoms with Crippen molar-refractivity contribution in [3.05, 3.63) is 66.2 Å². The molecule has 5 nitrogen and oxygen atoms in total. The van der Waals surface area contributed by atoms with Gasteiger partial charge in [0.15, 0.2) is 11.5 Å². The van der Waals surface area contributed by atoms with Crippen LogP contribution in [0.5, 0.6) is 11.5 Å². The molecule has 5 heteroatoms. The van der Waals surface area contributed by atoms with Gasteiger partial charge in [-0.25, -0.2) is 0 Å². The number of anilines is 1. The summed E-state index contributed by atoms with van der Waals surface area (Å²) >= 11 is 0. The minimum atomic E-state index is -0.357. The zero-order valence-electron chi connectivity index (χ0n) is 15.4. The van der Waals surface area contributed by atoms with Crippen LogP contribution in [-0.4, -0.2) is 18.7 Å². The molecule has 0 saturated heterocycles. The molecule has 1 amide bonds. The Morgan fingerprint density at radius 1 is 0.963 bits per heavy atom. The smallest absolute Gasteiger partial charge is 0.241 e. The highest BCUT2D eigenvalue weighted by molar-refractivity contribution is 5.95. The summed E-state index contributed by atoms with van der Waals surface area (Å²) in [5.41, 5.74) is 1.87. The van der Waals surface area contributed by atoms with E-state index in [1.807, 2.05) is 31.2 Å². The molecule has 27 heavy (non-hydrogen) atoms. The van der Waals surface area contributed by atoms with Crippen molar-refractivity contribution >= 4 is 22.4 Å². The highest BCUT2D eigenvalue weighted by atomic mass is 16.7. The fourth-order valence-electron chi connectivity index (χ4n) is 3.39. The second-order valence-electron chi connectivity index (χ2n) is 6.74. The number of benzene rings is 3. The third kappa shape index (κ3) is 3.59. The first-order valence-corrected chi connectivity index (χ1v) is 9.06. The zero-order valence-corrected chi connectivity index (χ0v) is 15.4. The van der Waals surface area contributed by atoms with Crippen molar-refractivity contribution in [1.29, 1.82) is 0 Å². The molecule has 0 unspecified atom stereocenters. The van der Waals surface area contributed by atoms with E-state index in [-0.39, 0.29) is 24.8 Å². The van der Waals surface area contributed by atoms with Crippen molar-refractivity contribution in [3.8, 4) is 11.5 Å². The Morgan fingerprint density at radius 3 is 2.63 bits per heavy atom. The number of hydrogen-bond donors (Lipinski definition) is 2. The molecule has 0 bridgehead atoms. The van der Waals surface area contributed by atoms with Crippen LogP contribution in [0.3, 0.4) is 0 Å². The van der Waals surface area contributed by atoms with Gasteiger partial charge in [0.1, 0.15) is 0 Å². The normalized spacial score (nSPS) is 14.7. The lowest BCUT2D eigenvalue weighted by Gasteiger charge is -2.21. The molecule has 1 heterocycles. The first-order chi connectivity index (χ1) is 13.1. The number of nitrogens with one attached hydrogen (secondary N) is 2. The van der Waals surface area contributed by atoms with Crippen LogP contribution < -0.4 is 20.1 Å². The molecule has 138 valence electrons. The van der Waals surface area contributed by atoms with E-state index in [1.54, 1.807) is 12.1 Å². The Kier molecular flexibility index (Phi) is 4.69. The Bertz CT molecular complexity index is 981. The van der Waals surface area contributed by atoms with E-state index >= 15 is 0 Å². The van der Waals surface area contributed by atoms with Crippen LogP contribution in [0.4, 0.5) is 5.69 Å². The van der Waals surface area contributed by atoms with E-state index in [2.05, 4.69) is 41.8 Å². The van der Waals surface area contributed by atoms with Crippen LogP contribution in [0.25, 0.3) is 10.8 Å². The Hall–Kier alpha value is -3.05. The van der Waals surface area contributed by atoms with Crippen LogP contribution in [0, 0.1) is 0 Å². The molecule has 0 aromatic heterocycles. The van der Waals surface area contributed by atoms with Gasteiger partial charge in [0.05, 0.1) is 6.04 Å². The predicted octanol–water partition coefficient (Wildman–Crippen LogP) is 4.25. The maximum atomic E-state index is 12.6. The maximum absolute atomic E-state index is 12.6. The summed E-state index contributed by atoms with van der Waals surface area (Å²) in [6, 6.07) is 19.6. The van der Waals surface area contributed by atoms with Crippen molar-refractivity contribution in [3.63, 3.8) is 0 Å². The zero-order chi connectivity index (χ0) is 18.8. The number of carbonyl (C=O) groups excluding carboxylic acids is 1. The average molecular weight is 362 g/mol. The lowest BCUT2D eigenvalue weighted by molar-refractivity contribution is -0.117. The summed E-state index contributed by atoms with van der Waals surface area (Å²) in [5.74, 6) is 1.25. The molecule has 1 aliphatic rings. The largest absolute Gasteiger partial charge is 0.454 e. The van der Waals surface area contributed by atoms with Crippen LogP contribution in [0.1, 0.15) is 25.5 Å². The van der Waals surface area contributed by atoms with Crippen LogP contribution in [0.2, 0.25) is 0 Å². The van der Waals surface area contributed by atoms with Gasteiger partial charge in [-0.2, -0.15) is 0 Å². The van der Waals surface area contributed by atoms with E-state index < -0.39 is 0 Å². The quantitative estimate of drug-likeness (QED) is 0.712. The lowest BCUT2D eigenvalue weighted by atomic mass is 9.99. The van der Waals surface area contributed by atoms with Crippen molar-refractivity contribution in [1.82, 2.24) is 5.32 Å². The number of ether oxygens (including phenoxy) is 2. The van der Waals surface area contributed by atoms with Gasteiger partial charge in [0, 0.05) is 17.8 Å². The fraction of sp³-hybridized carbons (Fsp3) is 0.227. The molecule has 2 N–H and O–H groups in total. The topological polar surface area (TPSA) is 59.6 Å². The van der Waals surface area contributed by atoms with Gasteiger partial charge in [-0.3, -0.25) is 10.1 Å². The van der Waals surface area contributed by atoms with Gasteiger partial charge < -0.3 is 14.8 Å². The summed E-state index contributed by atoms with van der Waals surface area (Å²) < 4.78 is 10.7. The van der Waals surface area contributed by atoms with E-state index in [1.165, 1.54) is 16.3 Å². The van der Waals surface area contributed by atoms with Crippen molar-refractivity contribution in [2.45, 2.75) is 25.9 Å². The Morgan fingerprint density at radius 2 is 1.74 bits per heavy atom. The summed E-state index contributed by atoms with van der Waals surface area (Å²) in [6.45, 7) is 4.16. The molecule has 3 aromatic rings. The van der Waals surface area contributed by atoms with E-state index in [0.29, 0.717) is 17.2 Å². The first-order valence-electron chi connectivity index (χ1n) is 9.06. The Balaban J connectivity index is 1.44. The molecular formula is C22H22N2O3. The highest BCUT2D eigenvalue weighted by Gasteiger charge is 2.19. The van der Waals surface area contributed by atoms with E-state index in [4.69, 9.17) is 9.47 Å². The minimum Gasteiger partial charge on any atom is -0.454 e. The summed E-state index contributed by atoms with van der Waals surface area (Å²) in [6.07, 6.45) is 0. The molecule has 0 fully saturated rings. The van der Waals surface area contributed by atoms with E-state index in [0.717, 1.165) is 0 Å². The molecule has 0 spiro atoms. The highest BCUT2D eigenvalue weighted by Crippen LogP contribution is 2.34. The molecule has 0 saturated carbocycles. The number of amides is 1. The predicted molar refractivity (Wildman–Crippen MR) is 106 cm³/mol. The van der Waals surface area contributed by atoms with Crippen LogP contribution in [-0.2, 0) is 4.79 Å². The third-order valence-corrected chi connectivity index (χ3v) is 4.82. The maximum Gasteiger partial charge on any atom is 0.241 e. The SMILES string of the molecule is C[C@@H](N[C@H](C)c1cccc2ccccc12)C(=O)Nc1ccc2c(c1)OCO2. The van der Waals surface area contributed by atoms with Gasteiger partial charge in [-0.15, -0.1) is 0 Å². The summed E-state index contributed by atoms with van der Waals surface area (Å²) in [4.78, 5) is 12.6. The molecule has 2 atom stereocenters. The molecule has 0 radical (unpaired) electrons. The fourth-order valence-corrected chi connectivity index (χ4v) is 3.39. The number of fused-ring (bicyclic) bond motifs is 2. The molecule has 1 aliphatic heterocycles. The van der Waals surface area contributed by atoms with Gasteiger partial charge in [-0.05, 0) is 42.3 Å². The molecule has 4 rings (SSSR count). The molecule has 0 aliphatic carbocycles. The second-order valence-corrected chi connectivity index (χ2v) is 6.74. The van der Waals surface area contributed by atoms with E-state index in [9.17, 15) is 4.79 Å². The minimum absolute atomic E-state index is 0.0357. The number of hydrogen-bond acceptors (Lipinski definition) is 4. The number of rotatable bonds is 5. The van der Waals surface area contributed by atoms with Crippen LogP contribution in [0.15, 0.2) is 60.7 Å². The van der Waals surface area contributed by atoms with Gasteiger partial charge >= 0.3 is 0 Å². The molecular weight excluding hydrogens is 340 g/mol. The van der Waals surface area contributed by atoms with Crippen LogP contribution >= 0.6 is 0 Å². The summed E-state index contributed by atoms with van der Waals surface area (Å²) in [7, 11) is 0. The average Bonchev–Trinajstić information content (AvgIpc) is 3.15. The van der Waals surface area contributed by atoms with Gasteiger partial charge in [0.2, 0.25) is 12.7 Å². The number of carbonyl (C=O) groups is 1. The monoisotopic (exact) mass is 362 g/mol. The standard InChI is InChI=1S/C22H22N2O3/c1-14(18-9-5-7-16-6-3-4-8-19(16)18)23-15(2)22(25)24-17-10-11-20-21(12-17)27-13-26-20/h3-12,14-15,23H,13H2,1-2H3,(H,24,25)/t14-,15-/m1/s1. The third-order valence-electron chi connectivity index (χ3n) is 4.82. The Labute approximate surface area is 158 Å². The van der Waals surface area contributed by atoms with Crippen molar-refractivity contribution in [2.75, 3.05) is 12.1 Å². The lowest BCUT2D eigenvalue weighted by Crippen LogP contribution is -2.39. The first kappa shape index (κ1) is 17.4. The van der Waals surface area contributed by atoms with Crippen molar-refractivity contribution in [2.24, 2.45) is 0 Å². The summed E-state index contributed by atoms with van der Waals surface area (Å²) in [5, 5.41) is 8.71.